The van der Waals surface area contributed by atoms with Crippen LogP contribution in [0.15, 0.2) is 36.5 Å². The van der Waals surface area contributed by atoms with Gasteiger partial charge in [0.05, 0.1) is 11.6 Å². The number of rotatable bonds is 1. The van der Waals surface area contributed by atoms with Crippen LogP contribution in [-0.4, -0.2) is 29.5 Å². The maximum Gasteiger partial charge on any atom is 0.0750 e. The molecule has 0 saturated carbocycles. The van der Waals surface area contributed by atoms with Crippen molar-refractivity contribution in [3.8, 4) is 0 Å². The maximum absolute atomic E-state index is 6.42. The summed E-state index contributed by atoms with van der Waals surface area (Å²) < 4.78 is 0. The van der Waals surface area contributed by atoms with E-state index in [1.165, 1.54) is 23.8 Å². The number of pyridine rings is 1. The van der Waals surface area contributed by atoms with Crippen LogP contribution in [0.2, 0.25) is 0 Å². The number of hydrogen-bond acceptors (Lipinski definition) is 3. The van der Waals surface area contributed by atoms with Crippen molar-refractivity contribution in [1.82, 2.24) is 9.88 Å². The molecule has 100 valence electrons. The molecule has 3 rings (SSSR count). The third-order valence-electron chi connectivity index (χ3n) is 4.16. The van der Waals surface area contributed by atoms with E-state index in [4.69, 9.17) is 5.73 Å². The van der Waals surface area contributed by atoms with Gasteiger partial charge in [0, 0.05) is 17.6 Å². The minimum Gasteiger partial charge on any atom is -0.326 e. The molecule has 2 aromatic rings. The topological polar surface area (TPSA) is 42.1 Å². The maximum atomic E-state index is 6.42. The number of nitrogens with zero attached hydrogens (tertiary/aromatic N) is 2. The first kappa shape index (κ1) is 12.6. The van der Waals surface area contributed by atoms with Gasteiger partial charge in [-0.15, -0.1) is 0 Å². The average molecular weight is 255 g/mol. The van der Waals surface area contributed by atoms with Crippen molar-refractivity contribution in [1.29, 1.82) is 0 Å². The van der Waals surface area contributed by atoms with Crippen LogP contribution in [0.4, 0.5) is 0 Å². The highest BCUT2D eigenvalue weighted by Crippen LogP contribution is 2.31. The van der Waals surface area contributed by atoms with Crippen molar-refractivity contribution in [2.24, 2.45) is 5.73 Å². The van der Waals surface area contributed by atoms with Gasteiger partial charge in [0.2, 0.25) is 0 Å². The molecule has 0 bridgehead atoms. The summed E-state index contributed by atoms with van der Waals surface area (Å²) in [7, 11) is 2.18. The number of fused-ring (bicyclic) bond motifs is 1. The van der Waals surface area contributed by atoms with Crippen LogP contribution in [0.5, 0.6) is 0 Å². The molecule has 1 fully saturated rings. The Morgan fingerprint density at radius 3 is 2.95 bits per heavy atom. The number of likely N-dealkylation sites (tertiary alicyclic amines) is 1. The van der Waals surface area contributed by atoms with E-state index in [-0.39, 0.29) is 12.1 Å². The van der Waals surface area contributed by atoms with E-state index >= 15 is 0 Å². The van der Waals surface area contributed by atoms with Gasteiger partial charge in [-0.05, 0) is 38.1 Å². The summed E-state index contributed by atoms with van der Waals surface area (Å²) in [5.41, 5.74) is 8.79. The molecule has 1 aliphatic heterocycles. The van der Waals surface area contributed by atoms with Gasteiger partial charge >= 0.3 is 0 Å². The fraction of sp³-hybridized carbons (Fsp3) is 0.438. The summed E-state index contributed by atoms with van der Waals surface area (Å²) in [6.07, 6.45) is 5.42. The fourth-order valence-corrected chi connectivity index (χ4v) is 3.20. The van der Waals surface area contributed by atoms with Gasteiger partial charge in [-0.2, -0.15) is 0 Å². The number of likely N-dealkylation sites (N-methyl/N-ethyl adjacent to an activating group) is 1. The van der Waals surface area contributed by atoms with Crippen LogP contribution in [0.25, 0.3) is 10.9 Å². The molecule has 1 aromatic heterocycles. The van der Waals surface area contributed by atoms with Gasteiger partial charge in [0.25, 0.3) is 0 Å². The molecular weight excluding hydrogens is 234 g/mol. The zero-order valence-electron chi connectivity index (χ0n) is 11.4. The second-order valence-corrected chi connectivity index (χ2v) is 5.51. The second kappa shape index (κ2) is 5.27. The third-order valence-corrected chi connectivity index (χ3v) is 4.16. The van der Waals surface area contributed by atoms with Gasteiger partial charge in [0.1, 0.15) is 0 Å². The van der Waals surface area contributed by atoms with Crippen LogP contribution in [0, 0.1) is 0 Å². The van der Waals surface area contributed by atoms with Crippen molar-refractivity contribution < 1.29 is 0 Å². The predicted molar refractivity (Wildman–Crippen MR) is 78.9 cm³/mol. The number of hydrogen-bond donors (Lipinski definition) is 1. The van der Waals surface area contributed by atoms with E-state index in [1.807, 2.05) is 12.3 Å². The highest BCUT2D eigenvalue weighted by molar-refractivity contribution is 5.82. The quantitative estimate of drug-likeness (QED) is 0.852. The molecule has 3 heteroatoms. The summed E-state index contributed by atoms with van der Waals surface area (Å²) in [6.45, 7) is 1.11. The smallest absolute Gasteiger partial charge is 0.0750 e. The normalized spacial score (nSPS) is 25.4. The van der Waals surface area contributed by atoms with E-state index in [1.54, 1.807) is 0 Å². The van der Waals surface area contributed by atoms with E-state index in [9.17, 15) is 0 Å². The van der Waals surface area contributed by atoms with E-state index < -0.39 is 0 Å². The first-order valence-electron chi connectivity index (χ1n) is 7.07. The molecule has 0 aliphatic carbocycles. The molecule has 2 N–H and O–H groups in total. The van der Waals surface area contributed by atoms with E-state index in [2.05, 4.69) is 41.2 Å². The molecule has 1 saturated heterocycles. The SMILES string of the molecule is CN1CCCCC(N)C1c1cccc2cccnc12. The molecule has 2 atom stereocenters. The zero-order chi connectivity index (χ0) is 13.2. The molecule has 0 amide bonds. The van der Waals surface area contributed by atoms with Crippen LogP contribution >= 0.6 is 0 Å². The molecule has 19 heavy (non-hydrogen) atoms. The standard InChI is InChI=1S/C16H21N3/c1-19-11-3-2-9-14(17)16(19)13-8-4-6-12-7-5-10-18-15(12)13/h4-8,10,14,16H,2-3,9,11,17H2,1H3. The highest BCUT2D eigenvalue weighted by atomic mass is 15.1. The molecule has 2 heterocycles. The zero-order valence-corrected chi connectivity index (χ0v) is 11.4. The molecule has 0 spiro atoms. The number of para-hydroxylation sites is 1. The van der Waals surface area contributed by atoms with Crippen LogP contribution in [0.1, 0.15) is 30.9 Å². The summed E-state index contributed by atoms with van der Waals surface area (Å²) in [4.78, 5) is 6.96. The average Bonchev–Trinajstić information content (AvgIpc) is 2.60. The van der Waals surface area contributed by atoms with Crippen molar-refractivity contribution in [3.05, 3.63) is 42.1 Å². The lowest BCUT2D eigenvalue weighted by Gasteiger charge is -2.31. The molecule has 0 radical (unpaired) electrons. The first-order valence-corrected chi connectivity index (χ1v) is 7.07. The van der Waals surface area contributed by atoms with Gasteiger partial charge in [-0.1, -0.05) is 30.7 Å². The number of nitrogens with two attached hydrogens (primary N) is 1. The minimum atomic E-state index is 0.195. The molecule has 1 aliphatic rings. The van der Waals surface area contributed by atoms with Crippen LogP contribution in [0.3, 0.4) is 0 Å². The van der Waals surface area contributed by atoms with Crippen molar-refractivity contribution in [3.63, 3.8) is 0 Å². The summed E-state index contributed by atoms with van der Waals surface area (Å²) in [5, 5.41) is 1.20. The Hall–Kier alpha value is -1.45. The largest absolute Gasteiger partial charge is 0.326 e. The first-order chi connectivity index (χ1) is 9.27. The Labute approximate surface area is 114 Å². The van der Waals surface area contributed by atoms with Crippen molar-refractivity contribution in [2.75, 3.05) is 13.6 Å². The Morgan fingerprint density at radius 2 is 2.05 bits per heavy atom. The monoisotopic (exact) mass is 255 g/mol. The third kappa shape index (κ3) is 2.36. The van der Waals surface area contributed by atoms with E-state index in [0.29, 0.717) is 0 Å². The van der Waals surface area contributed by atoms with Crippen molar-refractivity contribution >= 4 is 10.9 Å². The summed E-state index contributed by atoms with van der Waals surface area (Å²) in [6, 6.07) is 11.0. The van der Waals surface area contributed by atoms with E-state index in [0.717, 1.165) is 18.5 Å². The second-order valence-electron chi connectivity index (χ2n) is 5.51. The fourth-order valence-electron chi connectivity index (χ4n) is 3.20. The van der Waals surface area contributed by atoms with Gasteiger partial charge in [-0.3, -0.25) is 9.88 Å². The Kier molecular flexibility index (Phi) is 3.49. The van der Waals surface area contributed by atoms with Crippen LogP contribution < -0.4 is 5.73 Å². The lowest BCUT2D eigenvalue weighted by molar-refractivity contribution is 0.231. The molecule has 2 unspecified atom stereocenters. The van der Waals surface area contributed by atoms with Gasteiger partial charge in [-0.25, -0.2) is 0 Å². The van der Waals surface area contributed by atoms with Crippen LogP contribution in [-0.2, 0) is 0 Å². The lowest BCUT2D eigenvalue weighted by atomic mass is 9.94. The predicted octanol–water partition coefficient (Wildman–Crippen LogP) is 2.72. The minimum absolute atomic E-state index is 0.195. The summed E-state index contributed by atoms with van der Waals surface area (Å²) >= 11 is 0. The lowest BCUT2D eigenvalue weighted by Crippen LogP contribution is -2.37. The molecule has 3 nitrogen and oxygen atoms in total. The highest BCUT2D eigenvalue weighted by Gasteiger charge is 2.27. The number of benzene rings is 1. The van der Waals surface area contributed by atoms with Gasteiger partial charge < -0.3 is 5.73 Å². The summed E-state index contributed by atoms with van der Waals surface area (Å²) in [5.74, 6) is 0. The molecule has 1 aromatic carbocycles. The molecular formula is C16H21N3. The van der Waals surface area contributed by atoms with Gasteiger partial charge in [0.15, 0.2) is 0 Å². The Balaban J connectivity index is 2.11. The van der Waals surface area contributed by atoms with Crippen molar-refractivity contribution in [2.45, 2.75) is 31.3 Å². The Bertz CT molecular complexity index is 549. The number of aromatic nitrogens is 1. The Morgan fingerprint density at radius 1 is 1.21 bits per heavy atom.